The van der Waals surface area contributed by atoms with Crippen molar-refractivity contribution < 1.29 is 13.9 Å². The second-order valence-electron chi connectivity index (χ2n) is 6.31. The van der Waals surface area contributed by atoms with E-state index in [4.69, 9.17) is 4.74 Å². The average Bonchev–Trinajstić information content (AvgIpc) is 2.95. The zero-order valence-corrected chi connectivity index (χ0v) is 13.4. The number of fused-ring (bicyclic) bond motifs is 1. The molecular weight excluding hydrogens is 301 g/mol. The van der Waals surface area contributed by atoms with E-state index in [0.29, 0.717) is 30.9 Å². The van der Waals surface area contributed by atoms with Gasteiger partial charge in [-0.1, -0.05) is 0 Å². The molecule has 0 bridgehead atoms. The normalized spacial score (nSPS) is 26.7. The molecule has 0 saturated carbocycles. The Bertz CT molecular complexity index is 553. The molecule has 3 atom stereocenters. The molecule has 3 heterocycles. The van der Waals surface area contributed by atoms with E-state index in [9.17, 15) is 9.18 Å². The van der Waals surface area contributed by atoms with Gasteiger partial charge in [0.2, 0.25) is 5.95 Å². The Balaban J connectivity index is 1.55. The molecule has 0 unspecified atom stereocenters. The number of halogens is 1. The van der Waals surface area contributed by atoms with Crippen LogP contribution in [0.5, 0.6) is 0 Å². The van der Waals surface area contributed by atoms with Gasteiger partial charge in [-0.25, -0.2) is 19.2 Å². The highest BCUT2D eigenvalue weighted by atomic mass is 19.1. The van der Waals surface area contributed by atoms with Crippen LogP contribution in [0.25, 0.3) is 0 Å². The molecule has 3 rings (SSSR count). The number of ether oxygens (including phenoxy) is 1. The summed E-state index contributed by atoms with van der Waals surface area (Å²) in [6.45, 7) is 2.82. The van der Waals surface area contributed by atoms with Gasteiger partial charge >= 0.3 is 6.03 Å². The monoisotopic (exact) mass is 323 g/mol. The number of hydrogen-bond acceptors (Lipinski definition) is 5. The van der Waals surface area contributed by atoms with Gasteiger partial charge in [0.25, 0.3) is 0 Å². The lowest BCUT2D eigenvalue weighted by Crippen LogP contribution is -2.45. The van der Waals surface area contributed by atoms with Crippen molar-refractivity contribution in [3.8, 4) is 0 Å². The predicted octanol–water partition coefficient (Wildman–Crippen LogP) is 0.728. The largest absolute Gasteiger partial charge is 0.376 e. The molecule has 23 heavy (non-hydrogen) atoms. The number of hydrogen-bond donors (Lipinski definition) is 1. The van der Waals surface area contributed by atoms with E-state index < -0.39 is 5.82 Å². The van der Waals surface area contributed by atoms with Crippen LogP contribution < -0.4 is 10.2 Å². The number of anilines is 1. The molecule has 2 fully saturated rings. The highest BCUT2D eigenvalue weighted by molar-refractivity contribution is 5.73. The van der Waals surface area contributed by atoms with Crippen LogP contribution in [-0.2, 0) is 4.74 Å². The number of nitrogens with zero attached hydrogens (tertiary/aromatic N) is 4. The SMILES string of the molecule is CN(C)C(=O)NC[C@@H]1OC[C@H]2CN(c3ncc(F)cn3)CC[C@H]21. The van der Waals surface area contributed by atoms with Crippen molar-refractivity contribution in [1.82, 2.24) is 20.2 Å². The number of nitrogens with one attached hydrogen (secondary N) is 1. The van der Waals surface area contributed by atoms with Gasteiger partial charge in [0.15, 0.2) is 5.82 Å². The molecule has 1 aromatic rings. The Hall–Kier alpha value is -1.96. The molecule has 1 N–H and O–H groups in total. The maximum Gasteiger partial charge on any atom is 0.316 e. The second-order valence-corrected chi connectivity index (χ2v) is 6.31. The van der Waals surface area contributed by atoms with E-state index in [2.05, 4.69) is 20.2 Å². The summed E-state index contributed by atoms with van der Waals surface area (Å²) in [6.07, 6.45) is 3.40. The number of urea groups is 1. The van der Waals surface area contributed by atoms with Crippen LogP contribution in [0.2, 0.25) is 0 Å². The summed E-state index contributed by atoms with van der Waals surface area (Å²) in [5.74, 6) is 0.951. The van der Waals surface area contributed by atoms with E-state index in [-0.39, 0.29) is 12.1 Å². The molecule has 2 aliphatic heterocycles. The minimum absolute atomic E-state index is 0.0557. The molecule has 2 amide bonds. The molecule has 2 aliphatic rings. The van der Waals surface area contributed by atoms with Gasteiger partial charge in [0.05, 0.1) is 25.1 Å². The van der Waals surface area contributed by atoms with Crippen molar-refractivity contribution in [3.63, 3.8) is 0 Å². The van der Waals surface area contributed by atoms with E-state index in [1.807, 2.05) is 0 Å². The van der Waals surface area contributed by atoms with Crippen molar-refractivity contribution in [2.75, 3.05) is 45.2 Å². The topological polar surface area (TPSA) is 70.6 Å². The lowest BCUT2D eigenvalue weighted by Gasteiger charge is -2.35. The molecule has 126 valence electrons. The van der Waals surface area contributed by atoms with Gasteiger partial charge < -0.3 is 19.9 Å². The van der Waals surface area contributed by atoms with Gasteiger partial charge in [-0.05, 0) is 12.3 Å². The second kappa shape index (κ2) is 6.66. The number of piperidine rings is 1. The first-order valence-corrected chi connectivity index (χ1v) is 7.84. The summed E-state index contributed by atoms with van der Waals surface area (Å²) < 4.78 is 18.8. The van der Waals surface area contributed by atoms with Crippen LogP contribution in [0, 0.1) is 17.7 Å². The molecule has 0 spiro atoms. The van der Waals surface area contributed by atoms with Crippen LogP contribution in [0.3, 0.4) is 0 Å². The number of aromatic nitrogens is 2. The minimum atomic E-state index is -0.426. The summed E-state index contributed by atoms with van der Waals surface area (Å²) in [6, 6.07) is -0.103. The highest BCUT2D eigenvalue weighted by Crippen LogP contribution is 2.35. The van der Waals surface area contributed by atoms with E-state index in [0.717, 1.165) is 19.5 Å². The first-order valence-electron chi connectivity index (χ1n) is 7.84. The number of rotatable bonds is 3. The Morgan fingerprint density at radius 2 is 2.22 bits per heavy atom. The van der Waals surface area contributed by atoms with Crippen LogP contribution in [0.15, 0.2) is 12.4 Å². The lowest BCUT2D eigenvalue weighted by molar-refractivity contribution is 0.0889. The fourth-order valence-corrected chi connectivity index (χ4v) is 3.29. The molecule has 7 nitrogen and oxygen atoms in total. The van der Waals surface area contributed by atoms with Crippen LogP contribution in [-0.4, -0.2) is 67.3 Å². The summed E-state index contributed by atoms with van der Waals surface area (Å²) >= 11 is 0. The Kier molecular flexibility index (Phi) is 4.61. The van der Waals surface area contributed by atoms with Gasteiger partial charge in [-0.3, -0.25) is 0 Å². The fraction of sp³-hybridized carbons (Fsp3) is 0.667. The Morgan fingerprint density at radius 1 is 1.48 bits per heavy atom. The van der Waals surface area contributed by atoms with Gasteiger partial charge in [0, 0.05) is 39.6 Å². The minimum Gasteiger partial charge on any atom is -0.376 e. The third-order valence-electron chi connectivity index (χ3n) is 4.54. The molecule has 1 aromatic heterocycles. The summed E-state index contributed by atoms with van der Waals surface area (Å²) in [5, 5.41) is 2.89. The van der Waals surface area contributed by atoms with Crippen molar-refractivity contribution in [3.05, 3.63) is 18.2 Å². The van der Waals surface area contributed by atoms with Crippen molar-refractivity contribution in [2.45, 2.75) is 12.5 Å². The summed E-state index contributed by atoms with van der Waals surface area (Å²) in [4.78, 5) is 23.3. The molecule has 0 aromatic carbocycles. The van der Waals surface area contributed by atoms with E-state index in [1.54, 1.807) is 14.1 Å². The van der Waals surface area contributed by atoms with Crippen LogP contribution in [0.1, 0.15) is 6.42 Å². The fourth-order valence-electron chi connectivity index (χ4n) is 3.29. The Labute approximate surface area is 134 Å². The molecular formula is C15H22FN5O2. The number of carbonyl (C=O) groups excluding carboxylic acids is 1. The van der Waals surface area contributed by atoms with Crippen molar-refractivity contribution >= 4 is 12.0 Å². The van der Waals surface area contributed by atoms with Crippen molar-refractivity contribution in [1.29, 1.82) is 0 Å². The van der Waals surface area contributed by atoms with Crippen LogP contribution in [0.4, 0.5) is 15.1 Å². The molecule has 0 aliphatic carbocycles. The maximum absolute atomic E-state index is 12.9. The molecule has 8 heteroatoms. The maximum atomic E-state index is 12.9. The van der Waals surface area contributed by atoms with Gasteiger partial charge in [0.1, 0.15) is 0 Å². The third-order valence-corrected chi connectivity index (χ3v) is 4.54. The predicted molar refractivity (Wildman–Crippen MR) is 82.6 cm³/mol. The lowest BCUT2D eigenvalue weighted by atomic mass is 9.84. The van der Waals surface area contributed by atoms with Gasteiger partial charge in [-0.15, -0.1) is 0 Å². The first-order chi connectivity index (χ1) is 11.0. The zero-order valence-electron chi connectivity index (χ0n) is 13.4. The summed E-state index contributed by atoms with van der Waals surface area (Å²) in [7, 11) is 3.43. The number of amides is 2. The number of carbonyl (C=O) groups is 1. The van der Waals surface area contributed by atoms with Crippen LogP contribution >= 0.6 is 0 Å². The molecule has 0 radical (unpaired) electrons. The summed E-state index contributed by atoms with van der Waals surface area (Å²) in [5.41, 5.74) is 0. The molecule has 2 saturated heterocycles. The Morgan fingerprint density at radius 3 is 2.91 bits per heavy atom. The van der Waals surface area contributed by atoms with Crippen molar-refractivity contribution in [2.24, 2.45) is 11.8 Å². The van der Waals surface area contributed by atoms with E-state index in [1.165, 1.54) is 17.3 Å². The zero-order chi connectivity index (χ0) is 16.4. The highest BCUT2D eigenvalue weighted by Gasteiger charge is 2.41. The average molecular weight is 323 g/mol. The van der Waals surface area contributed by atoms with Gasteiger partial charge in [-0.2, -0.15) is 0 Å². The smallest absolute Gasteiger partial charge is 0.316 e. The quantitative estimate of drug-likeness (QED) is 0.888. The van der Waals surface area contributed by atoms with E-state index >= 15 is 0 Å². The first kappa shape index (κ1) is 15.9. The standard InChI is InChI=1S/C15H22FN5O2/c1-20(2)15(22)19-7-13-12-3-4-21(8-10(12)9-23-13)14-17-5-11(16)6-18-14/h5-6,10,12-13H,3-4,7-9H2,1-2H3,(H,19,22)/t10-,12-,13+/m1/s1. The third kappa shape index (κ3) is 3.52.